The highest BCUT2D eigenvalue weighted by molar-refractivity contribution is 5.72. The van der Waals surface area contributed by atoms with Gasteiger partial charge in [0.25, 0.3) is 0 Å². The van der Waals surface area contributed by atoms with Crippen LogP contribution in [0.4, 0.5) is 0 Å². The van der Waals surface area contributed by atoms with Crippen LogP contribution in [0.3, 0.4) is 0 Å². The number of methoxy groups -OCH3 is 1. The SMILES string of the molecule is COC(=O)C(C)Cc1ccc(C)cc1. The summed E-state index contributed by atoms with van der Waals surface area (Å²) in [4.78, 5) is 11.2. The van der Waals surface area contributed by atoms with Crippen molar-refractivity contribution in [2.75, 3.05) is 7.11 Å². The van der Waals surface area contributed by atoms with E-state index in [-0.39, 0.29) is 11.9 Å². The van der Waals surface area contributed by atoms with Gasteiger partial charge in [0.15, 0.2) is 0 Å². The molecule has 0 aliphatic rings. The minimum Gasteiger partial charge on any atom is -0.469 e. The largest absolute Gasteiger partial charge is 0.469 e. The molecule has 0 saturated heterocycles. The van der Waals surface area contributed by atoms with Crippen LogP contribution in [0.25, 0.3) is 0 Å². The van der Waals surface area contributed by atoms with E-state index >= 15 is 0 Å². The molecule has 0 N–H and O–H groups in total. The molecule has 0 aromatic heterocycles. The smallest absolute Gasteiger partial charge is 0.308 e. The summed E-state index contributed by atoms with van der Waals surface area (Å²) in [5.74, 6) is -0.215. The number of esters is 1. The Morgan fingerprint density at radius 1 is 1.36 bits per heavy atom. The Bertz CT molecular complexity index is 301. The minimum atomic E-state index is -0.148. The van der Waals surface area contributed by atoms with Crippen LogP contribution in [0.2, 0.25) is 0 Å². The first-order valence-electron chi connectivity index (χ1n) is 4.77. The topological polar surface area (TPSA) is 26.3 Å². The molecule has 0 spiro atoms. The summed E-state index contributed by atoms with van der Waals surface area (Å²) in [6.07, 6.45) is 0.743. The zero-order valence-electron chi connectivity index (χ0n) is 8.91. The van der Waals surface area contributed by atoms with Gasteiger partial charge in [-0.3, -0.25) is 4.79 Å². The number of aryl methyl sites for hydroxylation is 1. The van der Waals surface area contributed by atoms with Crippen LogP contribution >= 0.6 is 0 Å². The molecule has 0 radical (unpaired) electrons. The second-order valence-corrected chi connectivity index (χ2v) is 3.61. The Morgan fingerprint density at radius 2 is 1.93 bits per heavy atom. The Balaban J connectivity index is 2.60. The number of carbonyl (C=O) groups excluding carboxylic acids is 1. The molecule has 0 bridgehead atoms. The van der Waals surface area contributed by atoms with Gasteiger partial charge in [0.1, 0.15) is 0 Å². The fourth-order valence-corrected chi connectivity index (χ4v) is 1.36. The van der Waals surface area contributed by atoms with E-state index in [1.54, 1.807) is 0 Å². The van der Waals surface area contributed by atoms with Gasteiger partial charge in [-0.25, -0.2) is 0 Å². The van der Waals surface area contributed by atoms with E-state index in [0.29, 0.717) is 0 Å². The van der Waals surface area contributed by atoms with Gasteiger partial charge in [-0.2, -0.15) is 0 Å². The second-order valence-electron chi connectivity index (χ2n) is 3.61. The fourth-order valence-electron chi connectivity index (χ4n) is 1.36. The van der Waals surface area contributed by atoms with Crippen LogP contribution in [0.5, 0.6) is 0 Å². The predicted molar refractivity (Wildman–Crippen MR) is 56.1 cm³/mol. The average molecular weight is 192 g/mol. The Morgan fingerprint density at radius 3 is 2.43 bits per heavy atom. The van der Waals surface area contributed by atoms with Gasteiger partial charge < -0.3 is 4.74 Å². The Hall–Kier alpha value is -1.31. The van der Waals surface area contributed by atoms with Gasteiger partial charge in [-0.05, 0) is 18.9 Å². The molecular formula is C12H16O2. The lowest BCUT2D eigenvalue weighted by Gasteiger charge is -2.08. The summed E-state index contributed by atoms with van der Waals surface area (Å²) >= 11 is 0. The van der Waals surface area contributed by atoms with Crippen LogP contribution in [0.15, 0.2) is 24.3 Å². The van der Waals surface area contributed by atoms with E-state index < -0.39 is 0 Å². The van der Waals surface area contributed by atoms with E-state index in [9.17, 15) is 4.79 Å². The van der Waals surface area contributed by atoms with Crippen molar-refractivity contribution in [3.05, 3.63) is 35.4 Å². The highest BCUT2D eigenvalue weighted by atomic mass is 16.5. The van der Waals surface area contributed by atoms with Crippen LogP contribution in [0, 0.1) is 12.8 Å². The normalized spacial score (nSPS) is 12.2. The van der Waals surface area contributed by atoms with Crippen molar-refractivity contribution in [1.29, 1.82) is 0 Å². The standard InChI is InChI=1S/C12H16O2/c1-9-4-6-11(7-5-9)8-10(2)12(13)14-3/h4-7,10H,8H2,1-3H3. The maximum atomic E-state index is 11.2. The first-order chi connectivity index (χ1) is 6.63. The summed E-state index contributed by atoms with van der Waals surface area (Å²) in [6, 6.07) is 8.21. The minimum absolute atomic E-state index is 0.0669. The first-order valence-corrected chi connectivity index (χ1v) is 4.77. The molecule has 76 valence electrons. The molecule has 1 unspecified atom stereocenters. The Labute approximate surface area is 84.9 Å². The third kappa shape index (κ3) is 2.87. The molecule has 0 amide bonds. The lowest BCUT2D eigenvalue weighted by atomic mass is 10.0. The second kappa shape index (κ2) is 4.80. The van der Waals surface area contributed by atoms with Crippen molar-refractivity contribution in [2.24, 2.45) is 5.92 Å². The number of benzene rings is 1. The van der Waals surface area contributed by atoms with E-state index in [1.165, 1.54) is 18.2 Å². The van der Waals surface area contributed by atoms with Crippen molar-refractivity contribution in [3.63, 3.8) is 0 Å². The number of hydrogen-bond acceptors (Lipinski definition) is 2. The molecular weight excluding hydrogens is 176 g/mol. The summed E-state index contributed by atoms with van der Waals surface area (Å²) in [7, 11) is 1.42. The molecule has 14 heavy (non-hydrogen) atoms. The lowest BCUT2D eigenvalue weighted by molar-refractivity contribution is -0.144. The molecule has 0 fully saturated rings. The monoisotopic (exact) mass is 192 g/mol. The van der Waals surface area contributed by atoms with E-state index in [0.717, 1.165) is 6.42 Å². The van der Waals surface area contributed by atoms with Crippen LogP contribution in [-0.4, -0.2) is 13.1 Å². The number of hydrogen-bond donors (Lipinski definition) is 0. The van der Waals surface area contributed by atoms with Crippen LogP contribution < -0.4 is 0 Å². The molecule has 0 heterocycles. The molecule has 1 aromatic carbocycles. The van der Waals surface area contributed by atoms with Gasteiger partial charge in [0, 0.05) is 0 Å². The molecule has 2 heteroatoms. The quantitative estimate of drug-likeness (QED) is 0.687. The van der Waals surface area contributed by atoms with Gasteiger partial charge >= 0.3 is 5.97 Å². The molecule has 2 nitrogen and oxygen atoms in total. The number of carbonyl (C=O) groups is 1. The number of ether oxygens (including phenoxy) is 1. The molecule has 1 aromatic rings. The Kier molecular flexibility index (Phi) is 3.69. The van der Waals surface area contributed by atoms with Gasteiger partial charge in [-0.15, -0.1) is 0 Å². The predicted octanol–water partition coefficient (Wildman–Crippen LogP) is 2.35. The number of rotatable bonds is 3. The highest BCUT2D eigenvalue weighted by Gasteiger charge is 2.12. The summed E-state index contributed by atoms with van der Waals surface area (Å²) in [5, 5.41) is 0. The lowest BCUT2D eigenvalue weighted by Crippen LogP contribution is -2.14. The third-order valence-electron chi connectivity index (χ3n) is 2.27. The van der Waals surface area contributed by atoms with Crippen LogP contribution in [-0.2, 0) is 16.0 Å². The average Bonchev–Trinajstić information content (AvgIpc) is 2.20. The van der Waals surface area contributed by atoms with E-state index in [1.807, 2.05) is 13.8 Å². The summed E-state index contributed by atoms with van der Waals surface area (Å²) < 4.78 is 4.67. The van der Waals surface area contributed by atoms with Crippen LogP contribution in [0.1, 0.15) is 18.1 Å². The van der Waals surface area contributed by atoms with Gasteiger partial charge in [-0.1, -0.05) is 36.8 Å². The maximum absolute atomic E-state index is 11.2. The fraction of sp³-hybridized carbons (Fsp3) is 0.417. The third-order valence-corrected chi connectivity index (χ3v) is 2.27. The van der Waals surface area contributed by atoms with E-state index in [2.05, 4.69) is 29.0 Å². The van der Waals surface area contributed by atoms with Gasteiger partial charge in [0.2, 0.25) is 0 Å². The van der Waals surface area contributed by atoms with E-state index in [4.69, 9.17) is 0 Å². The molecule has 0 aliphatic heterocycles. The molecule has 0 aliphatic carbocycles. The van der Waals surface area contributed by atoms with Crippen molar-refractivity contribution in [2.45, 2.75) is 20.3 Å². The van der Waals surface area contributed by atoms with Gasteiger partial charge in [0.05, 0.1) is 13.0 Å². The molecule has 1 rings (SSSR count). The van der Waals surface area contributed by atoms with Crippen molar-refractivity contribution < 1.29 is 9.53 Å². The first kappa shape index (κ1) is 10.8. The van der Waals surface area contributed by atoms with Crippen molar-refractivity contribution in [3.8, 4) is 0 Å². The highest BCUT2D eigenvalue weighted by Crippen LogP contribution is 2.10. The maximum Gasteiger partial charge on any atom is 0.308 e. The zero-order chi connectivity index (χ0) is 10.6. The molecule has 0 saturated carbocycles. The summed E-state index contributed by atoms with van der Waals surface area (Å²) in [5.41, 5.74) is 2.41. The van der Waals surface area contributed by atoms with Crippen molar-refractivity contribution >= 4 is 5.97 Å². The van der Waals surface area contributed by atoms with Crippen molar-refractivity contribution in [1.82, 2.24) is 0 Å². The summed E-state index contributed by atoms with van der Waals surface area (Å²) in [6.45, 7) is 3.93. The molecule has 1 atom stereocenters. The zero-order valence-corrected chi connectivity index (χ0v) is 8.91.